The topological polar surface area (TPSA) is 55.8 Å². The molecule has 0 unspecified atom stereocenters. The summed E-state index contributed by atoms with van der Waals surface area (Å²) in [6.07, 6.45) is -1.04. The number of carbonyl (C=O) groups is 1. The summed E-state index contributed by atoms with van der Waals surface area (Å²) in [5, 5.41) is 9.08. The van der Waals surface area contributed by atoms with Crippen LogP contribution >= 0.6 is 0 Å². The highest BCUT2D eigenvalue weighted by molar-refractivity contribution is 5.88. The lowest BCUT2D eigenvalue weighted by Crippen LogP contribution is -2.04. The fourth-order valence-corrected chi connectivity index (χ4v) is 2.58. The summed E-state index contributed by atoms with van der Waals surface area (Å²) in [6, 6.07) is 17.8. The maximum absolute atomic E-state index is 12.6. The molecule has 3 rings (SSSR count). The van der Waals surface area contributed by atoms with Crippen LogP contribution in [0.25, 0.3) is 6.08 Å². The zero-order valence-corrected chi connectivity index (χ0v) is 15.6. The summed E-state index contributed by atoms with van der Waals surface area (Å²) in [7, 11) is 0. The number of carboxylic acids is 1. The quantitative estimate of drug-likeness (QED) is 0.494. The van der Waals surface area contributed by atoms with Gasteiger partial charge in [0.25, 0.3) is 0 Å². The van der Waals surface area contributed by atoms with Crippen molar-refractivity contribution in [3.05, 3.63) is 95.6 Å². The van der Waals surface area contributed by atoms with Crippen molar-refractivity contribution in [2.45, 2.75) is 6.18 Å². The second-order valence-electron chi connectivity index (χ2n) is 6.21. The Balaban J connectivity index is 1.63. The van der Waals surface area contributed by atoms with Crippen molar-refractivity contribution in [2.75, 3.05) is 6.61 Å². The van der Waals surface area contributed by atoms with Gasteiger partial charge >= 0.3 is 12.1 Å². The third-order valence-electron chi connectivity index (χ3n) is 4.04. The number of aromatic carboxylic acids is 1. The second-order valence-corrected chi connectivity index (χ2v) is 6.21. The molecule has 0 heterocycles. The van der Waals surface area contributed by atoms with Crippen LogP contribution in [0.3, 0.4) is 0 Å². The first-order chi connectivity index (χ1) is 14.3. The van der Waals surface area contributed by atoms with E-state index in [-0.39, 0.29) is 12.2 Å². The third-order valence-corrected chi connectivity index (χ3v) is 4.04. The predicted molar refractivity (Wildman–Crippen MR) is 106 cm³/mol. The van der Waals surface area contributed by atoms with Crippen LogP contribution in [-0.4, -0.2) is 17.7 Å². The van der Waals surface area contributed by atoms with Gasteiger partial charge in [0, 0.05) is 0 Å². The molecule has 0 radical (unpaired) electrons. The van der Waals surface area contributed by atoms with Crippen molar-refractivity contribution in [2.24, 2.45) is 0 Å². The summed E-state index contributed by atoms with van der Waals surface area (Å²) in [4.78, 5) is 11.1. The lowest BCUT2D eigenvalue weighted by Gasteiger charge is -2.11. The summed E-state index contributed by atoms with van der Waals surface area (Å²) < 4.78 is 49.2. The van der Waals surface area contributed by atoms with Gasteiger partial charge in [0.15, 0.2) is 11.5 Å². The monoisotopic (exact) mass is 414 g/mol. The first-order valence-corrected chi connectivity index (χ1v) is 8.90. The highest BCUT2D eigenvalue weighted by Gasteiger charge is 2.29. The normalized spacial score (nSPS) is 11.4. The van der Waals surface area contributed by atoms with Gasteiger partial charge in [-0.1, -0.05) is 36.4 Å². The van der Waals surface area contributed by atoms with Crippen LogP contribution in [0.2, 0.25) is 0 Å². The van der Waals surface area contributed by atoms with Gasteiger partial charge in [-0.2, -0.15) is 13.2 Å². The van der Waals surface area contributed by atoms with E-state index in [0.29, 0.717) is 22.8 Å². The first kappa shape index (κ1) is 21.0. The molecule has 3 aromatic carbocycles. The average molecular weight is 414 g/mol. The fourth-order valence-electron chi connectivity index (χ4n) is 2.58. The molecule has 0 amide bonds. The minimum absolute atomic E-state index is 0.102. The van der Waals surface area contributed by atoms with E-state index in [1.807, 2.05) is 0 Å². The Kier molecular flexibility index (Phi) is 6.41. The van der Waals surface area contributed by atoms with Crippen LogP contribution in [0.15, 0.2) is 78.9 Å². The molecule has 30 heavy (non-hydrogen) atoms. The molecule has 0 aromatic heterocycles. The van der Waals surface area contributed by atoms with Crippen molar-refractivity contribution in [1.29, 1.82) is 0 Å². The van der Waals surface area contributed by atoms with E-state index >= 15 is 0 Å². The molecule has 0 aliphatic rings. The van der Waals surface area contributed by atoms with Gasteiger partial charge in [-0.3, -0.25) is 0 Å². The van der Waals surface area contributed by atoms with Crippen molar-refractivity contribution in [3.63, 3.8) is 0 Å². The lowest BCUT2D eigenvalue weighted by molar-refractivity contribution is -0.137. The molecule has 4 nitrogen and oxygen atoms in total. The minimum Gasteiger partial charge on any atom is -0.486 e. The molecule has 7 heteroatoms. The van der Waals surface area contributed by atoms with Crippen LogP contribution in [0.5, 0.6) is 17.2 Å². The van der Waals surface area contributed by atoms with Crippen LogP contribution < -0.4 is 9.47 Å². The largest absolute Gasteiger partial charge is 0.486 e. The summed E-state index contributed by atoms with van der Waals surface area (Å²) in [6.45, 7) is 0.163. The highest BCUT2D eigenvalue weighted by Crippen LogP contribution is 2.32. The van der Waals surface area contributed by atoms with Gasteiger partial charge in [-0.05, 0) is 54.1 Å². The summed E-state index contributed by atoms with van der Waals surface area (Å²) >= 11 is 0. The molecule has 1 N–H and O–H groups in total. The Hall–Kier alpha value is -3.74. The van der Waals surface area contributed by atoms with E-state index in [1.54, 1.807) is 48.6 Å². The maximum atomic E-state index is 12.6. The van der Waals surface area contributed by atoms with Crippen LogP contribution in [-0.2, 0) is 6.18 Å². The zero-order chi connectivity index (χ0) is 21.6. The zero-order valence-electron chi connectivity index (χ0n) is 15.6. The first-order valence-electron chi connectivity index (χ1n) is 8.90. The second kappa shape index (κ2) is 9.17. The average Bonchev–Trinajstić information content (AvgIpc) is 2.72. The Bertz CT molecular complexity index is 1040. The third kappa shape index (κ3) is 5.64. The fraction of sp³-hybridized carbons (Fsp3) is 0.0870. The van der Waals surface area contributed by atoms with E-state index in [4.69, 9.17) is 14.6 Å². The van der Waals surface area contributed by atoms with E-state index in [1.165, 1.54) is 24.3 Å². The predicted octanol–water partition coefficient (Wildman–Crippen LogP) is 6.29. The molecule has 0 aliphatic carbocycles. The number of halogens is 3. The van der Waals surface area contributed by atoms with Gasteiger partial charge in [-0.25, -0.2) is 4.79 Å². The molecule has 0 saturated carbocycles. The summed E-state index contributed by atoms with van der Waals surface area (Å²) in [5.41, 5.74) is 0.0148. The van der Waals surface area contributed by atoms with Crippen molar-refractivity contribution in [1.82, 2.24) is 0 Å². The van der Waals surface area contributed by atoms with E-state index < -0.39 is 17.7 Å². The number of rotatable bonds is 7. The molecule has 154 valence electrons. The molecule has 0 spiro atoms. The van der Waals surface area contributed by atoms with E-state index in [2.05, 4.69) is 0 Å². The van der Waals surface area contributed by atoms with Gasteiger partial charge in [-0.15, -0.1) is 0 Å². The molecule has 0 saturated heterocycles. The van der Waals surface area contributed by atoms with Crippen molar-refractivity contribution in [3.8, 4) is 17.2 Å². The number of para-hydroxylation sites is 2. The van der Waals surface area contributed by atoms with Crippen molar-refractivity contribution < 1.29 is 32.5 Å². The van der Waals surface area contributed by atoms with E-state index in [9.17, 15) is 18.0 Å². The smallest absolute Gasteiger partial charge is 0.416 e. The number of ether oxygens (including phenoxy) is 2. The minimum atomic E-state index is -4.36. The molecule has 3 aromatic rings. The molecule has 0 bridgehead atoms. The number of hydrogen-bond acceptors (Lipinski definition) is 3. The SMILES string of the molecule is O=C(O)c1cccc(Oc2ccccc2OC/C=C/c2ccc(C(F)(F)F)cc2)c1. The lowest BCUT2D eigenvalue weighted by atomic mass is 10.1. The number of carboxylic acid groups (broad SMARTS) is 1. The number of alkyl halides is 3. The Labute approximate surface area is 170 Å². The van der Waals surface area contributed by atoms with Crippen LogP contribution in [0.4, 0.5) is 13.2 Å². The highest BCUT2D eigenvalue weighted by atomic mass is 19.4. The Morgan fingerprint density at radius 3 is 2.30 bits per heavy atom. The van der Waals surface area contributed by atoms with E-state index in [0.717, 1.165) is 12.1 Å². The molecule has 0 fully saturated rings. The van der Waals surface area contributed by atoms with Gasteiger partial charge < -0.3 is 14.6 Å². The van der Waals surface area contributed by atoms with Gasteiger partial charge in [0.05, 0.1) is 11.1 Å². The van der Waals surface area contributed by atoms with Crippen molar-refractivity contribution >= 4 is 12.0 Å². The van der Waals surface area contributed by atoms with Gasteiger partial charge in [0.2, 0.25) is 0 Å². The van der Waals surface area contributed by atoms with Crippen LogP contribution in [0, 0.1) is 0 Å². The van der Waals surface area contributed by atoms with Crippen LogP contribution in [0.1, 0.15) is 21.5 Å². The number of benzene rings is 3. The maximum Gasteiger partial charge on any atom is 0.416 e. The Morgan fingerprint density at radius 1 is 0.933 bits per heavy atom. The molecule has 0 aliphatic heterocycles. The molecular formula is C23H17F3O4. The molecular weight excluding hydrogens is 397 g/mol. The Morgan fingerprint density at radius 2 is 1.63 bits per heavy atom. The van der Waals surface area contributed by atoms with Gasteiger partial charge in [0.1, 0.15) is 12.4 Å². The standard InChI is InChI=1S/C23H17F3O4/c24-23(25,26)18-12-10-16(11-13-18)5-4-14-29-20-8-1-2-9-21(20)30-19-7-3-6-17(15-19)22(27)28/h1-13,15H,14H2,(H,27,28)/b5-4+. The summed E-state index contributed by atoms with van der Waals surface area (Å²) in [5.74, 6) is 0.142. The number of hydrogen-bond donors (Lipinski definition) is 1. The molecule has 0 atom stereocenters.